The third-order valence-corrected chi connectivity index (χ3v) is 4.46. The Morgan fingerprint density at radius 3 is 2.48 bits per heavy atom. The van der Waals surface area contributed by atoms with Crippen molar-refractivity contribution in [3.05, 3.63) is 64.1 Å². The molecule has 1 aliphatic rings. The predicted octanol–water partition coefficient (Wildman–Crippen LogP) is 4.46. The maximum atomic E-state index is 12.5. The Hall–Kier alpha value is -2.12. The number of halogens is 2. The van der Waals surface area contributed by atoms with Crippen molar-refractivity contribution >= 4 is 40.8 Å². The van der Waals surface area contributed by atoms with Gasteiger partial charge < -0.3 is 4.74 Å². The van der Waals surface area contributed by atoms with Gasteiger partial charge in [0, 0.05) is 18.6 Å². The van der Waals surface area contributed by atoms with E-state index in [0.29, 0.717) is 27.9 Å². The molecule has 0 saturated carbocycles. The third kappa shape index (κ3) is 5.68. The number of rotatable bonds is 4. The first-order valence-electron chi connectivity index (χ1n) is 8.56. The van der Waals surface area contributed by atoms with Crippen molar-refractivity contribution in [1.29, 1.82) is 0 Å². The van der Waals surface area contributed by atoms with Crippen LogP contribution in [0.4, 0.5) is 5.69 Å². The topological polar surface area (TPSA) is 72.0 Å². The largest absolute Gasteiger partial charge is 0.350 e. The number of carbonyl (C=O) groups excluding carboxylic acids is 1. The van der Waals surface area contributed by atoms with Crippen molar-refractivity contribution in [2.24, 2.45) is 4.99 Å². The SMILES string of the molecule is O=C(NC(=Nc1c(Cl)cccc1Cl)NOC1CCCCO1)c1ccccc1. The number of aliphatic imine (C=N–C) groups is 1. The van der Waals surface area contributed by atoms with Gasteiger partial charge in [-0.2, -0.15) is 0 Å². The fourth-order valence-electron chi connectivity index (χ4n) is 2.48. The number of hydroxylamine groups is 1. The fraction of sp³-hybridized carbons (Fsp3) is 0.263. The van der Waals surface area contributed by atoms with Crippen molar-refractivity contribution in [3.63, 3.8) is 0 Å². The van der Waals surface area contributed by atoms with Gasteiger partial charge >= 0.3 is 0 Å². The summed E-state index contributed by atoms with van der Waals surface area (Å²) >= 11 is 12.4. The molecule has 1 heterocycles. The number of hydrogen-bond donors (Lipinski definition) is 2. The van der Waals surface area contributed by atoms with Gasteiger partial charge in [0.25, 0.3) is 5.91 Å². The lowest BCUT2D eigenvalue weighted by atomic mass is 10.2. The molecule has 8 heteroatoms. The summed E-state index contributed by atoms with van der Waals surface area (Å²) in [5.74, 6) is -0.286. The van der Waals surface area contributed by atoms with Gasteiger partial charge in [0.1, 0.15) is 5.69 Å². The van der Waals surface area contributed by atoms with E-state index in [1.807, 2.05) is 6.07 Å². The first kappa shape index (κ1) is 19.6. The monoisotopic (exact) mass is 407 g/mol. The molecule has 0 aromatic heterocycles. The molecule has 0 spiro atoms. The summed E-state index contributed by atoms with van der Waals surface area (Å²) in [5.41, 5.74) is 3.47. The molecule has 2 aromatic rings. The Balaban J connectivity index is 1.79. The second kappa shape index (κ2) is 9.71. The molecule has 6 nitrogen and oxygen atoms in total. The van der Waals surface area contributed by atoms with Gasteiger partial charge in [0.05, 0.1) is 10.0 Å². The molecule has 0 aliphatic carbocycles. The standard InChI is InChI=1S/C19H19Cl2N3O3/c20-14-9-6-10-15(21)17(14)22-19(24-27-16-11-4-5-12-26-16)23-18(25)13-7-2-1-3-8-13/h1-3,6-10,16H,4-5,11-12H2,(H2,22,23,24,25). The van der Waals surface area contributed by atoms with Gasteiger partial charge in [-0.25, -0.2) is 15.3 Å². The Labute approximate surface area is 167 Å². The first-order valence-corrected chi connectivity index (χ1v) is 9.31. The highest BCUT2D eigenvalue weighted by Crippen LogP contribution is 2.32. The Kier molecular flexibility index (Phi) is 7.06. The molecule has 2 N–H and O–H groups in total. The highest BCUT2D eigenvalue weighted by molar-refractivity contribution is 6.38. The number of hydrogen-bond acceptors (Lipinski definition) is 4. The molecule has 0 radical (unpaired) electrons. The molecule has 0 bridgehead atoms. The maximum Gasteiger partial charge on any atom is 0.258 e. The van der Waals surface area contributed by atoms with Gasteiger partial charge in [-0.15, -0.1) is 0 Å². The average Bonchev–Trinajstić information content (AvgIpc) is 2.70. The smallest absolute Gasteiger partial charge is 0.258 e. The lowest BCUT2D eigenvalue weighted by Crippen LogP contribution is -2.43. The quantitative estimate of drug-likeness (QED) is 0.445. The minimum atomic E-state index is -0.417. The minimum Gasteiger partial charge on any atom is -0.350 e. The van der Waals surface area contributed by atoms with Crippen LogP contribution in [0.5, 0.6) is 0 Å². The fourth-order valence-corrected chi connectivity index (χ4v) is 2.96. The maximum absolute atomic E-state index is 12.5. The number of carbonyl (C=O) groups is 1. The molecule has 1 unspecified atom stereocenters. The van der Waals surface area contributed by atoms with E-state index in [2.05, 4.69) is 15.8 Å². The summed E-state index contributed by atoms with van der Waals surface area (Å²) in [4.78, 5) is 22.3. The van der Waals surface area contributed by atoms with Gasteiger partial charge in [-0.1, -0.05) is 47.5 Å². The highest BCUT2D eigenvalue weighted by Gasteiger charge is 2.17. The van der Waals surface area contributed by atoms with E-state index in [-0.39, 0.29) is 11.9 Å². The van der Waals surface area contributed by atoms with Crippen LogP contribution in [0.1, 0.15) is 29.6 Å². The Morgan fingerprint density at radius 1 is 1.07 bits per heavy atom. The Morgan fingerprint density at radius 2 is 1.81 bits per heavy atom. The van der Waals surface area contributed by atoms with Gasteiger partial charge in [0.2, 0.25) is 5.96 Å². The van der Waals surface area contributed by atoms with Crippen molar-refractivity contribution in [3.8, 4) is 0 Å². The zero-order chi connectivity index (χ0) is 19.1. The van der Waals surface area contributed by atoms with Crippen molar-refractivity contribution in [2.75, 3.05) is 6.61 Å². The van der Waals surface area contributed by atoms with Crippen LogP contribution in [-0.4, -0.2) is 24.8 Å². The lowest BCUT2D eigenvalue weighted by molar-refractivity contribution is -0.183. The van der Waals surface area contributed by atoms with Crippen LogP contribution >= 0.6 is 23.2 Å². The summed E-state index contributed by atoms with van der Waals surface area (Å²) in [6.45, 7) is 0.630. The van der Waals surface area contributed by atoms with Gasteiger partial charge in [0.15, 0.2) is 6.29 Å². The molecule has 2 aromatic carbocycles. The third-order valence-electron chi connectivity index (χ3n) is 3.85. The molecule has 1 atom stereocenters. The van der Waals surface area contributed by atoms with Crippen LogP contribution in [0.15, 0.2) is 53.5 Å². The van der Waals surface area contributed by atoms with E-state index in [1.54, 1.807) is 42.5 Å². The zero-order valence-corrected chi connectivity index (χ0v) is 16.0. The molecule has 1 saturated heterocycles. The molecule has 1 amide bonds. The van der Waals surface area contributed by atoms with Gasteiger partial charge in [-0.3, -0.25) is 10.1 Å². The zero-order valence-electron chi connectivity index (χ0n) is 14.5. The van der Waals surface area contributed by atoms with Crippen LogP contribution in [0.3, 0.4) is 0 Å². The number of nitrogens with one attached hydrogen (secondary N) is 2. The molecule has 3 rings (SSSR count). The second-order valence-electron chi connectivity index (χ2n) is 5.87. The lowest BCUT2D eigenvalue weighted by Gasteiger charge is -2.23. The van der Waals surface area contributed by atoms with E-state index in [9.17, 15) is 4.79 Å². The normalized spacial score (nSPS) is 17.4. The van der Waals surface area contributed by atoms with Crippen LogP contribution in [0, 0.1) is 0 Å². The predicted molar refractivity (Wildman–Crippen MR) is 105 cm³/mol. The summed E-state index contributed by atoms with van der Waals surface area (Å²) in [6, 6.07) is 13.8. The summed E-state index contributed by atoms with van der Waals surface area (Å²) in [6.07, 6.45) is 2.34. The van der Waals surface area contributed by atoms with E-state index < -0.39 is 6.29 Å². The van der Waals surface area contributed by atoms with E-state index in [1.165, 1.54) is 0 Å². The number of nitrogens with zero attached hydrogens (tertiary/aromatic N) is 1. The minimum absolute atomic E-state index is 0.0630. The van der Waals surface area contributed by atoms with E-state index in [0.717, 1.165) is 19.3 Å². The first-order chi connectivity index (χ1) is 13.1. The van der Waals surface area contributed by atoms with E-state index in [4.69, 9.17) is 32.8 Å². The number of benzene rings is 2. The molecular formula is C19H19Cl2N3O3. The van der Waals surface area contributed by atoms with Crippen LogP contribution in [-0.2, 0) is 9.57 Å². The van der Waals surface area contributed by atoms with Crippen LogP contribution < -0.4 is 10.8 Å². The Bertz CT molecular complexity index is 789. The van der Waals surface area contributed by atoms with Crippen molar-refractivity contribution in [2.45, 2.75) is 25.6 Å². The van der Waals surface area contributed by atoms with Crippen molar-refractivity contribution in [1.82, 2.24) is 10.8 Å². The molecule has 1 aliphatic heterocycles. The summed E-state index contributed by atoms with van der Waals surface area (Å²) in [7, 11) is 0. The molecule has 27 heavy (non-hydrogen) atoms. The molecule has 142 valence electrons. The number of ether oxygens (including phenoxy) is 1. The van der Waals surface area contributed by atoms with E-state index >= 15 is 0 Å². The highest BCUT2D eigenvalue weighted by atomic mass is 35.5. The second-order valence-corrected chi connectivity index (χ2v) is 6.68. The number of para-hydroxylation sites is 1. The van der Waals surface area contributed by atoms with Gasteiger partial charge in [-0.05, 0) is 37.1 Å². The molecular weight excluding hydrogens is 389 g/mol. The van der Waals surface area contributed by atoms with Crippen molar-refractivity contribution < 1.29 is 14.4 Å². The number of amides is 1. The summed E-state index contributed by atoms with van der Waals surface area (Å²) < 4.78 is 5.51. The van der Waals surface area contributed by atoms with Crippen LogP contribution in [0.2, 0.25) is 10.0 Å². The van der Waals surface area contributed by atoms with Crippen LogP contribution in [0.25, 0.3) is 0 Å². The summed E-state index contributed by atoms with van der Waals surface area (Å²) in [5, 5.41) is 3.38. The average molecular weight is 408 g/mol. The number of guanidine groups is 1. The molecule has 1 fully saturated rings.